The number of esters is 1. The Morgan fingerprint density at radius 2 is 1.80 bits per heavy atom. The van der Waals surface area contributed by atoms with E-state index in [0.29, 0.717) is 39.7 Å². The van der Waals surface area contributed by atoms with Gasteiger partial charge in [-0.05, 0) is 49.2 Å². The molecule has 1 amide bonds. The number of amidine groups is 1. The first-order valence-corrected chi connectivity index (χ1v) is 9.64. The second kappa shape index (κ2) is 7.94. The number of carbonyl (C=O) groups excluding carboxylic acids is 2. The van der Waals surface area contributed by atoms with Crippen molar-refractivity contribution < 1.29 is 19.1 Å². The minimum atomic E-state index is -0.790. The number of methoxy groups -OCH3 is 1. The third-order valence-corrected chi connectivity index (χ3v) is 5.00. The minimum absolute atomic E-state index is 0.223. The molecule has 0 fully saturated rings. The number of benzene rings is 2. The minimum Gasteiger partial charge on any atom is -0.497 e. The second-order valence-electron chi connectivity index (χ2n) is 6.81. The molecule has 0 aliphatic carbocycles. The van der Waals surface area contributed by atoms with Crippen molar-refractivity contribution in [3.63, 3.8) is 0 Å². The molecular weight excluding hydrogens is 382 g/mol. The van der Waals surface area contributed by atoms with E-state index in [0.717, 1.165) is 0 Å². The number of aliphatic imine (C=N–C) groups is 1. The van der Waals surface area contributed by atoms with Gasteiger partial charge in [0.25, 0.3) is 5.91 Å². The smallest absolute Gasteiger partial charge is 0.340 e. The highest BCUT2D eigenvalue weighted by Crippen LogP contribution is 2.39. The fourth-order valence-corrected chi connectivity index (χ4v) is 3.65. The highest BCUT2D eigenvalue weighted by molar-refractivity contribution is 6.36. The number of para-hydroxylation sites is 1. The molecule has 2 aliphatic heterocycles. The Hall–Kier alpha value is -3.74. The molecule has 1 unspecified atom stereocenters. The van der Waals surface area contributed by atoms with Crippen LogP contribution < -0.4 is 9.75 Å². The van der Waals surface area contributed by atoms with Crippen LogP contribution in [0.25, 0.3) is 5.57 Å². The molecule has 0 aromatic heterocycles. The lowest BCUT2D eigenvalue weighted by Crippen LogP contribution is -2.33. The lowest BCUT2D eigenvalue weighted by molar-refractivity contribution is -0.137. The van der Waals surface area contributed by atoms with E-state index in [9.17, 15) is 9.59 Å². The van der Waals surface area contributed by atoms with Crippen LogP contribution in [0.15, 0.2) is 70.3 Å². The zero-order valence-corrected chi connectivity index (χ0v) is 17.0. The number of amides is 1. The summed E-state index contributed by atoms with van der Waals surface area (Å²) < 4.78 is 10.5. The van der Waals surface area contributed by atoms with Crippen LogP contribution in [-0.2, 0) is 14.3 Å². The normalized spacial score (nSPS) is 18.0. The van der Waals surface area contributed by atoms with Crippen molar-refractivity contribution in [3.8, 4) is 5.75 Å². The molecule has 0 spiro atoms. The predicted molar refractivity (Wildman–Crippen MR) is 115 cm³/mol. The van der Waals surface area contributed by atoms with Gasteiger partial charge in [0.05, 0.1) is 30.7 Å². The number of hydrogen-bond donors (Lipinski definition) is 0. The van der Waals surface area contributed by atoms with Gasteiger partial charge in [-0.15, -0.1) is 5.10 Å². The summed E-state index contributed by atoms with van der Waals surface area (Å²) in [5.74, 6) is -0.521. The van der Waals surface area contributed by atoms with Gasteiger partial charge in [-0.2, -0.15) is 5.01 Å². The number of ether oxygens (including phenoxy) is 2. The van der Waals surface area contributed by atoms with E-state index in [-0.39, 0.29) is 12.5 Å². The van der Waals surface area contributed by atoms with Crippen LogP contribution in [0.4, 0.5) is 5.69 Å². The molecule has 7 nitrogen and oxygen atoms in total. The van der Waals surface area contributed by atoms with E-state index in [4.69, 9.17) is 9.47 Å². The van der Waals surface area contributed by atoms with Gasteiger partial charge in [0, 0.05) is 0 Å². The number of carbonyl (C=O) groups is 2. The Labute approximate surface area is 174 Å². The maximum absolute atomic E-state index is 13.4. The zero-order valence-electron chi connectivity index (χ0n) is 17.0. The summed E-state index contributed by atoms with van der Waals surface area (Å²) in [5, 5.41) is 5.80. The van der Waals surface area contributed by atoms with Gasteiger partial charge in [-0.25, -0.2) is 9.79 Å². The summed E-state index contributed by atoms with van der Waals surface area (Å²) in [5.41, 5.74) is 2.68. The molecule has 2 aromatic rings. The monoisotopic (exact) mass is 403 g/mol. The number of dihydropyridines is 1. The fraction of sp³-hybridized carbons (Fsp3) is 0.217. The van der Waals surface area contributed by atoms with Crippen LogP contribution in [0, 0.1) is 5.92 Å². The summed E-state index contributed by atoms with van der Waals surface area (Å²) in [7, 11) is 1.58. The van der Waals surface area contributed by atoms with Crippen molar-refractivity contribution in [1.82, 2.24) is 0 Å². The quantitative estimate of drug-likeness (QED) is 0.716. The molecule has 1 atom stereocenters. The van der Waals surface area contributed by atoms with Gasteiger partial charge in [0.15, 0.2) is 5.84 Å². The first-order valence-electron chi connectivity index (χ1n) is 9.64. The van der Waals surface area contributed by atoms with Crippen LogP contribution in [0.1, 0.15) is 19.4 Å². The molecule has 2 aromatic carbocycles. The topological polar surface area (TPSA) is 80.6 Å². The maximum atomic E-state index is 13.4. The van der Waals surface area contributed by atoms with Crippen molar-refractivity contribution in [1.29, 1.82) is 0 Å². The van der Waals surface area contributed by atoms with Crippen molar-refractivity contribution in [3.05, 3.63) is 65.7 Å². The van der Waals surface area contributed by atoms with E-state index in [2.05, 4.69) is 10.1 Å². The number of anilines is 1. The lowest BCUT2D eigenvalue weighted by atomic mass is 9.83. The summed E-state index contributed by atoms with van der Waals surface area (Å²) >= 11 is 0. The predicted octanol–water partition coefficient (Wildman–Crippen LogP) is 3.46. The average Bonchev–Trinajstić information content (AvgIpc) is 3.09. The van der Waals surface area contributed by atoms with Gasteiger partial charge in [-0.3, -0.25) is 4.79 Å². The van der Waals surface area contributed by atoms with Crippen LogP contribution in [0.5, 0.6) is 5.75 Å². The van der Waals surface area contributed by atoms with Crippen LogP contribution >= 0.6 is 0 Å². The Kier molecular flexibility index (Phi) is 5.18. The fourth-order valence-electron chi connectivity index (χ4n) is 3.65. The van der Waals surface area contributed by atoms with E-state index in [1.807, 2.05) is 30.3 Å². The van der Waals surface area contributed by atoms with Crippen molar-refractivity contribution in [2.75, 3.05) is 18.7 Å². The third-order valence-electron chi connectivity index (χ3n) is 5.00. The first kappa shape index (κ1) is 19.6. The second-order valence-corrected chi connectivity index (χ2v) is 6.81. The van der Waals surface area contributed by atoms with E-state index < -0.39 is 11.9 Å². The van der Waals surface area contributed by atoms with E-state index in [1.165, 1.54) is 5.01 Å². The molecule has 0 radical (unpaired) electrons. The number of hydrazone groups is 1. The highest BCUT2D eigenvalue weighted by atomic mass is 16.5. The van der Waals surface area contributed by atoms with Crippen LogP contribution in [-0.4, -0.2) is 37.1 Å². The number of fused-ring (bicyclic) bond motifs is 1. The molecule has 4 rings (SSSR count). The van der Waals surface area contributed by atoms with E-state index in [1.54, 1.807) is 45.2 Å². The van der Waals surface area contributed by atoms with Gasteiger partial charge in [0.2, 0.25) is 0 Å². The molecular formula is C23H21N3O4. The van der Waals surface area contributed by atoms with E-state index >= 15 is 0 Å². The molecule has 0 saturated heterocycles. The summed E-state index contributed by atoms with van der Waals surface area (Å²) in [6.45, 7) is 3.69. The molecule has 152 valence electrons. The molecule has 30 heavy (non-hydrogen) atoms. The number of hydrogen-bond acceptors (Lipinski definition) is 6. The van der Waals surface area contributed by atoms with Crippen molar-refractivity contribution in [2.24, 2.45) is 16.0 Å². The molecule has 2 heterocycles. The Balaban J connectivity index is 1.87. The zero-order chi connectivity index (χ0) is 21.3. The van der Waals surface area contributed by atoms with Crippen molar-refractivity contribution >= 4 is 34.7 Å². The lowest BCUT2D eigenvalue weighted by Gasteiger charge is -2.23. The number of nitrogens with zero attached hydrogens (tertiary/aromatic N) is 3. The standard InChI is InChI=1S/C23H21N3O4/c1-4-30-23(28)18-14(2)24-21-20(19(18)15-10-12-17(29-3)13-11-15)22(27)26(25-21)16-8-6-5-7-9-16/h5-13,20H,4H2,1-3H3. The summed E-state index contributed by atoms with van der Waals surface area (Å²) in [6.07, 6.45) is 0. The average molecular weight is 403 g/mol. The Morgan fingerprint density at radius 1 is 1.10 bits per heavy atom. The maximum Gasteiger partial charge on any atom is 0.340 e. The summed E-state index contributed by atoms with van der Waals surface area (Å²) in [4.78, 5) is 30.7. The molecule has 0 N–H and O–H groups in total. The Morgan fingerprint density at radius 3 is 2.43 bits per heavy atom. The summed E-state index contributed by atoms with van der Waals surface area (Å²) in [6, 6.07) is 16.4. The first-order chi connectivity index (χ1) is 14.5. The SMILES string of the molecule is CCOC(=O)C1=C(c2ccc(OC)cc2)C2C(=O)N(c3ccccc3)N=C2N=C1C. The molecule has 0 saturated carbocycles. The van der Waals surface area contributed by atoms with Crippen LogP contribution in [0.2, 0.25) is 0 Å². The molecule has 0 bridgehead atoms. The van der Waals surface area contributed by atoms with Gasteiger partial charge in [-0.1, -0.05) is 30.3 Å². The van der Waals surface area contributed by atoms with Crippen molar-refractivity contribution in [2.45, 2.75) is 13.8 Å². The van der Waals surface area contributed by atoms with Crippen LogP contribution in [0.3, 0.4) is 0 Å². The molecule has 2 aliphatic rings. The van der Waals surface area contributed by atoms with Gasteiger partial charge in [0.1, 0.15) is 11.7 Å². The highest BCUT2D eigenvalue weighted by Gasteiger charge is 2.45. The third kappa shape index (κ3) is 3.28. The molecule has 7 heteroatoms. The van der Waals surface area contributed by atoms with Gasteiger partial charge < -0.3 is 9.47 Å². The number of rotatable bonds is 5. The Bertz CT molecular complexity index is 1090. The largest absolute Gasteiger partial charge is 0.497 e. The van der Waals surface area contributed by atoms with Gasteiger partial charge >= 0.3 is 5.97 Å².